The molecule has 1 unspecified atom stereocenters. The van der Waals surface area contributed by atoms with Gasteiger partial charge in [0.25, 0.3) is 15.9 Å². The van der Waals surface area contributed by atoms with Crippen LogP contribution in [0.15, 0.2) is 71.6 Å². The van der Waals surface area contributed by atoms with Crippen molar-refractivity contribution in [2.45, 2.75) is 11.0 Å². The minimum Gasteiger partial charge on any atom is -0.485 e. The summed E-state index contributed by atoms with van der Waals surface area (Å²) in [4.78, 5) is 14.4. The molecule has 0 saturated carbocycles. The molecule has 0 bridgehead atoms. The lowest BCUT2D eigenvalue weighted by molar-refractivity contribution is -0.130. The third-order valence-corrected chi connectivity index (χ3v) is 5.39. The Morgan fingerprint density at radius 2 is 1.63 bits per heavy atom. The first-order valence-electron chi connectivity index (χ1n) is 8.22. The van der Waals surface area contributed by atoms with Gasteiger partial charge in [0.2, 0.25) is 6.10 Å². The van der Waals surface area contributed by atoms with Gasteiger partial charge in [-0.15, -0.1) is 4.83 Å². The lowest BCUT2D eigenvalue weighted by atomic mass is 10.1. The van der Waals surface area contributed by atoms with Crippen LogP contribution in [0.3, 0.4) is 0 Å². The van der Waals surface area contributed by atoms with Gasteiger partial charge >= 0.3 is 0 Å². The van der Waals surface area contributed by atoms with Crippen LogP contribution in [0.5, 0.6) is 11.5 Å². The maximum Gasteiger partial charge on any atom is 0.279 e. The van der Waals surface area contributed by atoms with E-state index in [2.05, 4.69) is 10.3 Å². The summed E-state index contributed by atoms with van der Waals surface area (Å²) in [5.41, 5.74) is 2.19. The molecule has 1 amide bonds. The van der Waals surface area contributed by atoms with E-state index in [1.807, 2.05) is 24.3 Å². The van der Waals surface area contributed by atoms with E-state index >= 15 is 0 Å². The van der Waals surface area contributed by atoms with E-state index in [1.165, 1.54) is 6.07 Å². The standard InChI is InChI=1S/C19H16N2O5S/c22-19(18-12-25-16-7-3-4-8-17(16)26-18)20-21-27(23,24)15-10-9-13-5-1-2-6-14(13)11-15/h1-11,18,21H,12H2,(H,20,22). The maximum atomic E-state index is 12.5. The summed E-state index contributed by atoms with van der Waals surface area (Å²) in [6.45, 7) is -0.0133. The number of carbonyl (C=O) groups excluding carboxylic acids is 1. The van der Waals surface area contributed by atoms with Crippen LogP contribution in [-0.4, -0.2) is 27.0 Å². The van der Waals surface area contributed by atoms with Crippen LogP contribution < -0.4 is 19.7 Å². The van der Waals surface area contributed by atoms with Crippen molar-refractivity contribution in [3.05, 3.63) is 66.7 Å². The van der Waals surface area contributed by atoms with Gasteiger partial charge in [0.1, 0.15) is 6.61 Å². The van der Waals surface area contributed by atoms with Crippen molar-refractivity contribution >= 4 is 26.7 Å². The highest BCUT2D eigenvalue weighted by Gasteiger charge is 2.28. The summed E-state index contributed by atoms with van der Waals surface area (Å²) in [6.07, 6.45) is -0.959. The maximum absolute atomic E-state index is 12.5. The second-order valence-corrected chi connectivity index (χ2v) is 7.65. The molecule has 4 rings (SSSR count). The smallest absolute Gasteiger partial charge is 0.279 e. The number of hydrogen-bond acceptors (Lipinski definition) is 5. The zero-order valence-electron chi connectivity index (χ0n) is 14.1. The van der Waals surface area contributed by atoms with Gasteiger partial charge in [0, 0.05) is 0 Å². The summed E-state index contributed by atoms with van der Waals surface area (Å²) in [7, 11) is -3.92. The monoisotopic (exact) mass is 384 g/mol. The molecular formula is C19H16N2O5S. The van der Waals surface area contributed by atoms with Gasteiger partial charge in [-0.05, 0) is 35.0 Å². The van der Waals surface area contributed by atoms with Crippen molar-refractivity contribution in [3.63, 3.8) is 0 Å². The number of nitrogens with one attached hydrogen (secondary N) is 2. The first-order chi connectivity index (χ1) is 13.0. The Kier molecular flexibility index (Phi) is 4.43. The van der Waals surface area contributed by atoms with Gasteiger partial charge in [0.05, 0.1) is 4.90 Å². The van der Waals surface area contributed by atoms with Gasteiger partial charge in [-0.25, -0.2) is 8.42 Å². The molecule has 0 aromatic heterocycles. The molecule has 0 aliphatic carbocycles. The van der Waals surface area contributed by atoms with Gasteiger partial charge < -0.3 is 9.47 Å². The average molecular weight is 384 g/mol. The van der Waals surface area contributed by atoms with Crippen LogP contribution in [0.4, 0.5) is 0 Å². The molecule has 0 spiro atoms. The van der Waals surface area contributed by atoms with E-state index in [9.17, 15) is 13.2 Å². The zero-order chi connectivity index (χ0) is 18.9. The SMILES string of the molecule is O=C(NNS(=O)(=O)c1ccc2ccccc2c1)C1COc2ccccc2O1. The number of hydrogen-bond donors (Lipinski definition) is 2. The summed E-state index contributed by atoms with van der Waals surface area (Å²) >= 11 is 0. The van der Waals surface area contributed by atoms with Gasteiger partial charge in [-0.2, -0.15) is 0 Å². The van der Waals surface area contributed by atoms with Crippen molar-refractivity contribution in [2.24, 2.45) is 0 Å². The lowest BCUT2D eigenvalue weighted by Gasteiger charge is -2.25. The molecule has 0 radical (unpaired) electrons. The molecule has 1 aliphatic heterocycles. The highest BCUT2D eigenvalue weighted by molar-refractivity contribution is 7.89. The minimum absolute atomic E-state index is 0.0133. The van der Waals surface area contributed by atoms with E-state index in [4.69, 9.17) is 9.47 Å². The van der Waals surface area contributed by atoms with Gasteiger partial charge in [-0.1, -0.05) is 42.5 Å². The van der Waals surface area contributed by atoms with Crippen molar-refractivity contribution in [2.75, 3.05) is 6.61 Å². The second-order valence-electron chi connectivity index (χ2n) is 5.97. The van der Waals surface area contributed by atoms with Crippen LogP contribution in [0, 0.1) is 0 Å². The number of benzene rings is 3. The van der Waals surface area contributed by atoms with E-state index < -0.39 is 22.0 Å². The molecule has 2 N–H and O–H groups in total. The molecule has 1 heterocycles. The molecule has 1 aliphatic rings. The third-order valence-electron chi connectivity index (χ3n) is 4.14. The molecule has 0 saturated heterocycles. The van der Waals surface area contributed by atoms with Crippen molar-refractivity contribution < 1.29 is 22.7 Å². The van der Waals surface area contributed by atoms with Crippen LogP contribution in [0.2, 0.25) is 0 Å². The third kappa shape index (κ3) is 3.57. The van der Waals surface area contributed by atoms with Crippen LogP contribution in [0.25, 0.3) is 10.8 Å². The Labute approximate surface area is 155 Å². The summed E-state index contributed by atoms with van der Waals surface area (Å²) in [5.74, 6) is 0.327. The zero-order valence-corrected chi connectivity index (χ0v) is 14.9. The van der Waals surface area contributed by atoms with E-state index in [0.717, 1.165) is 10.8 Å². The fraction of sp³-hybridized carbons (Fsp3) is 0.105. The van der Waals surface area contributed by atoms with Gasteiger partial charge in [0.15, 0.2) is 11.5 Å². The first kappa shape index (κ1) is 17.3. The first-order valence-corrected chi connectivity index (χ1v) is 9.70. The predicted octanol–water partition coefficient (Wildman–Crippen LogP) is 1.99. The van der Waals surface area contributed by atoms with Crippen LogP contribution >= 0.6 is 0 Å². The Bertz CT molecular complexity index is 1110. The largest absolute Gasteiger partial charge is 0.485 e. The highest BCUT2D eigenvalue weighted by Crippen LogP contribution is 2.30. The van der Waals surface area contributed by atoms with Gasteiger partial charge in [-0.3, -0.25) is 10.2 Å². The summed E-state index contributed by atoms with van der Waals surface area (Å²) in [5, 5.41) is 1.71. The Morgan fingerprint density at radius 3 is 2.44 bits per heavy atom. The van der Waals surface area contributed by atoms with Crippen molar-refractivity contribution in [3.8, 4) is 11.5 Å². The molecular weight excluding hydrogens is 368 g/mol. The molecule has 7 nitrogen and oxygen atoms in total. The van der Waals surface area contributed by atoms with Crippen molar-refractivity contribution in [1.29, 1.82) is 0 Å². The van der Waals surface area contributed by atoms with E-state index in [-0.39, 0.29) is 11.5 Å². The summed E-state index contributed by atoms with van der Waals surface area (Å²) in [6, 6.07) is 19.1. The number of sulfonamides is 1. The topological polar surface area (TPSA) is 93.7 Å². The molecule has 0 fully saturated rings. The highest BCUT2D eigenvalue weighted by atomic mass is 32.2. The second kappa shape index (κ2) is 6.90. The predicted molar refractivity (Wildman–Crippen MR) is 98.8 cm³/mol. The molecule has 3 aromatic rings. The molecule has 3 aromatic carbocycles. The quantitative estimate of drug-likeness (QED) is 0.671. The minimum atomic E-state index is -3.92. The van der Waals surface area contributed by atoms with Crippen LogP contribution in [0.1, 0.15) is 0 Å². The Hall–Kier alpha value is -3.10. The fourth-order valence-corrected chi connectivity index (χ4v) is 3.62. The number of rotatable bonds is 4. The average Bonchev–Trinajstić information content (AvgIpc) is 2.71. The van der Waals surface area contributed by atoms with Crippen LogP contribution in [-0.2, 0) is 14.8 Å². The molecule has 8 heteroatoms. The van der Waals surface area contributed by atoms with E-state index in [0.29, 0.717) is 11.5 Å². The molecule has 138 valence electrons. The number of para-hydroxylation sites is 2. The number of hydrazine groups is 1. The number of fused-ring (bicyclic) bond motifs is 2. The lowest BCUT2D eigenvalue weighted by Crippen LogP contribution is -2.50. The summed E-state index contributed by atoms with van der Waals surface area (Å²) < 4.78 is 35.9. The molecule has 27 heavy (non-hydrogen) atoms. The number of amides is 1. The fourth-order valence-electron chi connectivity index (χ4n) is 2.74. The molecule has 1 atom stereocenters. The Balaban J connectivity index is 1.45. The van der Waals surface area contributed by atoms with Crippen molar-refractivity contribution in [1.82, 2.24) is 10.3 Å². The number of ether oxygens (including phenoxy) is 2. The number of carbonyl (C=O) groups is 1. The Morgan fingerprint density at radius 1 is 0.926 bits per heavy atom. The van der Waals surface area contributed by atoms with E-state index in [1.54, 1.807) is 36.4 Å². The normalized spacial score (nSPS) is 16.1.